The molecule has 0 aromatic carbocycles. The summed E-state index contributed by atoms with van der Waals surface area (Å²) in [6.07, 6.45) is -5.47. The van der Waals surface area contributed by atoms with E-state index in [0.717, 1.165) is 10.5 Å². The van der Waals surface area contributed by atoms with Gasteiger partial charge in [0.1, 0.15) is 0 Å². The van der Waals surface area contributed by atoms with E-state index in [-0.39, 0.29) is 6.54 Å². The van der Waals surface area contributed by atoms with Gasteiger partial charge in [0, 0.05) is 31.8 Å². The number of carbonyl (C=O) groups is 2. The molecule has 2 aliphatic rings. The van der Waals surface area contributed by atoms with Crippen LogP contribution in [0.25, 0.3) is 0 Å². The number of carbonyl (C=O) groups excluding carboxylic acids is 1. The number of amides is 1. The quantitative estimate of drug-likeness (QED) is 0.738. The number of halogens is 3. The first-order valence-electron chi connectivity index (χ1n) is 6.18. The van der Waals surface area contributed by atoms with Crippen LogP contribution in [0.2, 0.25) is 0 Å². The Labute approximate surface area is 113 Å². The fourth-order valence-electron chi connectivity index (χ4n) is 2.41. The van der Waals surface area contributed by atoms with Gasteiger partial charge in [0.2, 0.25) is 5.91 Å². The zero-order valence-electron chi connectivity index (χ0n) is 10.9. The van der Waals surface area contributed by atoms with Crippen molar-refractivity contribution in [3.8, 4) is 0 Å². The predicted molar refractivity (Wildman–Crippen MR) is 62.9 cm³/mol. The van der Waals surface area contributed by atoms with Gasteiger partial charge in [-0.05, 0) is 18.9 Å². The molecule has 1 atom stereocenters. The zero-order chi connectivity index (χ0) is 15.1. The third kappa shape index (κ3) is 2.17. The van der Waals surface area contributed by atoms with Crippen LogP contribution in [-0.2, 0) is 9.59 Å². The van der Waals surface area contributed by atoms with Crippen LogP contribution >= 0.6 is 0 Å². The van der Waals surface area contributed by atoms with Gasteiger partial charge in [0.25, 0.3) is 0 Å². The van der Waals surface area contributed by atoms with E-state index in [9.17, 15) is 22.8 Å². The van der Waals surface area contributed by atoms with Crippen molar-refractivity contribution in [2.75, 3.05) is 26.2 Å². The molecular formula is C12H15F3N2O3. The zero-order valence-corrected chi connectivity index (χ0v) is 10.9. The molecule has 5 nitrogen and oxygen atoms in total. The normalized spacial score (nSPS) is 26.4. The van der Waals surface area contributed by atoms with Crippen LogP contribution in [0.1, 0.15) is 13.3 Å². The van der Waals surface area contributed by atoms with E-state index in [1.165, 1.54) is 0 Å². The molecule has 8 heteroatoms. The first-order valence-corrected chi connectivity index (χ1v) is 6.18. The SMILES string of the molecule is CC(C(=O)N1CCC(C(=O)O)(C(F)(F)F)C1)=C1CNC1. The minimum atomic E-state index is -4.87. The number of likely N-dealkylation sites (tertiary alicyclic amines) is 1. The lowest BCUT2D eigenvalue weighted by atomic mass is 9.86. The van der Waals surface area contributed by atoms with Gasteiger partial charge in [-0.15, -0.1) is 0 Å². The summed E-state index contributed by atoms with van der Waals surface area (Å²) in [6.45, 7) is 1.65. The minimum Gasteiger partial charge on any atom is -0.481 e. The van der Waals surface area contributed by atoms with Crippen LogP contribution in [0.3, 0.4) is 0 Å². The van der Waals surface area contributed by atoms with Crippen molar-refractivity contribution in [2.24, 2.45) is 5.41 Å². The molecule has 2 N–H and O–H groups in total. The van der Waals surface area contributed by atoms with Gasteiger partial charge in [-0.1, -0.05) is 0 Å². The molecule has 2 rings (SSSR count). The summed E-state index contributed by atoms with van der Waals surface area (Å²) < 4.78 is 39.0. The van der Waals surface area contributed by atoms with Gasteiger partial charge in [0.05, 0.1) is 0 Å². The predicted octanol–water partition coefficient (Wildman–Crippen LogP) is 0.772. The average molecular weight is 292 g/mol. The minimum absolute atomic E-state index is 0.192. The number of rotatable bonds is 2. The maximum absolute atomic E-state index is 13.0. The first-order chi connectivity index (χ1) is 9.19. The Morgan fingerprint density at radius 3 is 2.30 bits per heavy atom. The van der Waals surface area contributed by atoms with Crippen LogP contribution in [0.15, 0.2) is 11.1 Å². The van der Waals surface area contributed by atoms with Gasteiger partial charge in [-0.25, -0.2) is 0 Å². The number of nitrogens with zero attached hydrogens (tertiary/aromatic N) is 1. The summed E-state index contributed by atoms with van der Waals surface area (Å²) >= 11 is 0. The third-order valence-electron chi connectivity index (χ3n) is 4.04. The summed E-state index contributed by atoms with van der Waals surface area (Å²) in [4.78, 5) is 24.1. The molecule has 2 saturated heterocycles. The van der Waals surface area contributed by atoms with Crippen LogP contribution in [0.4, 0.5) is 13.2 Å². The van der Waals surface area contributed by atoms with Gasteiger partial charge in [-0.3, -0.25) is 9.59 Å². The molecule has 0 bridgehead atoms. The molecule has 0 aromatic heterocycles. The molecule has 20 heavy (non-hydrogen) atoms. The van der Waals surface area contributed by atoms with Crippen LogP contribution in [-0.4, -0.2) is 54.2 Å². The van der Waals surface area contributed by atoms with E-state index >= 15 is 0 Å². The highest BCUT2D eigenvalue weighted by Gasteiger charge is 2.64. The third-order valence-corrected chi connectivity index (χ3v) is 4.04. The standard InChI is InChI=1S/C12H15F3N2O3/c1-7(8-4-16-5-8)9(18)17-3-2-11(6-17,10(19)20)12(13,14)15/h16H,2-6H2,1H3,(H,19,20). The van der Waals surface area contributed by atoms with Gasteiger partial charge in [-0.2, -0.15) is 13.2 Å². The lowest BCUT2D eigenvalue weighted by Gasteiger charge is -2.28. The fraction of sp³-hybridized carbons (Fsp3) is 0.667. The van der Waals surface area contributed by atoms with Crippen molar-refractivity contribution in [1.29, 1.82) is 0 Å². The molecule has 2 fully saturated rings. The number of aliphatic carboxylic acids is 1. The van der Waals surface area contributed by atoms with Gasteiger partial charge >= 0.3 is 12.1 Å². The monoisotopic (exact) mass is 292 g/mol. The summed E-state index contributed by atoms with van der Waals surface area (Å²) in [5.74, 6) is -2.43. The second kappa shape index (κ2) is 4.76. The number of carboxylic acids is 1. The van der Waals surface area contributed by atoms with Crippen molar-refractivity contribution in [2.45, 2.75) is 19.5 Å². The molecule has 0 radical (unpaired) electrons. The molecule has 2 heterocycles. The summed E-state index contributed by atoms with van der Waals surface area (Å²) in [7, 11) is 0. The van der Waals surface area contributed by atoms with Crippen molar-refractivity contribution >= 4 is 11.9 Å². The van der Waals surface area contributed by atoms with Crippen molar-refractivity contribution in [1.82, 2.24) is 10.2 Å². The van der Waals surface area contributed by atoms with E-state index in [2.05, 4.69) is 5.32 Å². The maximum atomic E-state index is 13.0. The smallest absolute Gasteiger partial charge is 0.406 e. The number of nitrogens with one attached hydrogen (secondary N) is 1. The topological polar surface area (TPSA) is 69.6 Å². The first kappa shape index (κ1) is 14.8. The van der Waals surface area contributed by atoms with Crippen LogP contribution in [0, 0.1) is 5.41 Å². The molecule has 0 saturated carbocycles. The van der Waals surface area contributed by atoms with E-state index in [1.807, 2.05) is 0 Å². The largest absolute Gasteiger partial charge is 0.481 e. The van der Waals surface area contributed by atoms with Gasteiger partial charge < -0.3 is 15.3 Å². The number of hydrogen-bond acceptors (Lipinski definition) is 3. The summed E-state index contributed by atoms with van der Waals surface area (Å²) in [6, 6.07) is 0. The Morgan fingerprint density at radius 2 is 1.95 bits per heavy atom. The lowest BCUT2D eigenvalue weighted by molar-refractivity contribution is -0.227. The van der Waals surface area contributed by atoms with E-state index in [0.29, 0.717) is 18.7 Å². The van der Waals surface area contributed by atoms with E-state index in [4.69, 9.17) is 5.11 Å². The van der Waals surface area contributed by atoms with Crippen molar-refractivity contribution < 1.29 is 27.9 Å². The van der Waals surface area contributed by atoms with Crippen molar-refractivity contribution in [3.63, 3.8) is 0 Å². The highest BCUT2D eigenvalue weighted by atomic mass is 19.4. The molecule has 1 amide bonds. The van der Waals surface area contributed by atoms with E-state index < -0.39 is 36.4 Å². The molecule has 2 aliphatic heterocycles. The number of hydrogen-bond donors (Lipinski definition) is 2. The molecule has 1 unspecified atom stereocenters. The fourth-order valence-corrected chi connectivity index (χ4v) is 2.41. The Balaban J connectivity index is 2.19. The van der Waals surface area contributed by atoms with Crippen LogP contribution in [0.5, 0.6) is 0 Å². The summed E-state index contributed by atoms with van der Waals surface area (Å²) in [5.41, 5.74) is -1.58. The Kier molecular flexibility index (Phi) is 3.53. The van der Waals surface area contributed by atoms with Crippen molar-refractivity contribution in [3.05, 3.63) is 11.1 Å². The highest BCUT2D eigenvalue weighted by molar-refractivity contribution is 5.95. The molecule has 0 aliphatic carbocycles. The average Bonchev–Trinajstić information content (AvgIpc) is 2.70. The highest BCUT2D eigenvalue weighted by Crippen LogP contribution is 2.46. The Hall–Kier alpha value is -1.57. The second-order valence-electron chi connectivity index (χ2n) is 5.19. The molecule has 0 spiro atoms. The lowest BCUT2D eigenvalue weighted by Crippen LogP contribution is -2.48. The van der Waals surface area contributed by atoms with Gasteiger partial charge in [0.15, 0.2) is 5.41 Å². The maximum Gasteiger partial charge on any atom is 0.406 e. The summed E-state index contributed by atoms with van der Waals surface area (Å²) in [5, 5.41) is 11.9. The molecular weight excluding hydrogens is 277 g/mol. The van der Waals surface area contributed by atoms with E-state index in [1.54, 1.807) is 6.92 Å². The number of alkyl halides is 3. The number of carboxylic acid groups (broad SMARTS) is 1. The molecule has 112 valence electrons. The second-order valence-corrected chi connectivity index (χ2v) is 5.19. The Morgan fingerprint density at radius 1 is 1.35 bits per heavy atom. The van der Waals surface area contributed by atoms with Crippen LogP contribution < -0.4 is 5.32 Å². The molecule has 0 aromatic rings. The Bertz CT molecular complexity index is 481.